The highest BCUT2D eigenvalue weighted by Gasteiger charge is 2.23. The average Bonchev–Trinajstić information content (AvgIpc) is 2.44. The minimum Gasteiger partial charge on any atom is -0.370 e. The van der Waals surface area contributed by atoms with Crippen LogP contribution in [0.5, 0.6) is 0 Å². The van der Waals surface area contributed by atoms with Crippen molar-refractivity contribution in [1.29, 1.82) is 0 Å². The van der Waals surface area contributed by atoms with Crippen molar-refractivity contribution in [2.75, 3.05) is 43.4 Å². The lowest BCUT2D eigenvalue weighted by atomic mass is 10.2. The van der Waals surface area contributed by atoms with E-state index in [9.17, 15) is 0 Å². The first-order chi connectivity index (χ1) is 9.63. The molecule has 0 radical (unpaired) electrons. The number of hydrogen-bond donors (Lipinski definition) is 1. The molecule has 1 atom stereocenters. The third-order valence-electron chi connectivity index (χ3n) is 3.76. The Morgan fingerprint density at radius 1 is 1.30 bits per heavy atom. The Bertz CT molecular complexity index is 434. The highest BCUT2D eigenvalue weighted by Crippen LogP contribution is 2.21. The number of likely N-dealkylation sites (N-methyl/N-ethyl adjacent to an activating group) is 1. The smallest absolute Gasteiger partial charge is 0.134 e. The molecule has 1 aromatic rings. The predicted molar refractivity (Wildman–Crippen MR) is 84.5 cm³/mol. The van der Waals surface area contributed by atoms with Crippen LogP contribution in [0.15, 0.2) is 6.07 Å². The monoisotopic (exact) mass is 277 g/mol. The number of nitrogens with zero attached hydrogens (tertiary/aromatic N) is 4. The summed E-state index contributed by atoms with van der Waals surface area (Å²) in [5.41, 5.74) is 0. The molecule has 0 spiro atoms. The number of aryl methyl sites for hydroxylation is 1. The minimum atomic E-state index is 0.493. The van der Waals surface area contributed by atoms with Crippen molar-refractivity contribution >= 4 is 11.6 Å². The largest absolute Gasteiger partial charge is 0.370 e. The lowest BCUT2D eigenvalue weighted by Gasteiger charge is -2.39. The van der Waals surface area contributed by atoms with Crippen LogP contribution in [0.2, 0.25) is 0 Å². The van der Waals surface area contributed by atoms with E-state index in [4.69, 9.17) is 4.98 Å². The van der Waals surface area contributed by atoms with Gasteiger partial charge in [-0.1, -0.05) is 13.8 Å². The van der Waals surface area contributed by atoms with E-state index >= 15 is 0 Å². The maximum atomic E-state index is 4.72. The number of piperazine rings is 1. The molecule has 1 aromatic heterocycles. The molecule has 0 amide bonds. The second-order valence-electron chi connectivity index (χ2n) is 5.61. The summed E-state index contributed by atoms with van der Waals surface area (Å²) in [4.78, 5) is 14.1. The number of nitrogens with one attached hydrogen (secondary N) is 1. The van der Waals surface area contributed by atoms with E-state index in [2.05, 4.69) is 54.0 Å². The van der Waals surface area contributed by atoms with E-state index in [1.807, 2.05) is 0 Å². The molecule has 2 rings (SSSR count). The Labute approximate surface area is 122 Å². The Morgan fingerprint density at radius 3 is 2.75 bits per heavy atom. The van der Waals surface area contributed by atoms with Crippen molar-refractivity contribution in [2.45, 2.75) is 39.7 Å². The van der Waals surface area contributed by atoms with Crippen LogP contribution in [-0.2, 0) is 6.42 Å². The van der Waals surface area contributed by atoms with Crippen molar-refractivity contribution in [3.05, 3.63) is 11.9 Å². The summed E-state index contributed by atoms with van der Waals surface area (Å²) < 4.78 is 0. The molecule has 1 unspecified atom stereocenters. The van der Waals surface area contributed by atoms with Gasteiger partial charge in [0.05, 0.1) is 0 Å². The Morgan fingerprint density at radius 2 is 2.10 bits per heavy atom. The van der Waals surface area contributed by atoms with Gasteiger partial charge in [0.1, 0.15) is 17.5 Å². The number of anilines is 2. The molecule has 112 valence electrons. The van der Waals surface area contributed by atoms with Gasteiger partial charge in [0.15, 0.2) is 0 Å². The summed E-state index contributed by atoms with van der Waals surface area (Å²) in [5, 5.41) is 3.38. The van der Waals surface area contributed by atoms with E-state index in [0.717, 1.165) is 56.5 Å². The average molecular weight is 277 g/mol. The van der Waals surface area contributed by atoms with Crippen LogP contribution < -0.4 is 10.2 Å². The van der Waals surface area contributed by atoms with Gasteiger partial charge in [-0.05, 0) is 20.4 Å². The van der Waals surface area contributed by atoms with E-state index in [-0.39, 0.29) is 0 Å². The molecule has 1 aliphatic rings. The first-order valence-corrected chi connectivity index (χ1v) is 7.71. The maximum absolute atomic E-state index is 4.72. The van der Waals surface area contributed by atoms with Gasteiger partial charge in [0, 0.05) is 44.7 Å². The van der Waals surface area contributed by atoms with E-state index in [0.29, 0.717) is 6.04 Å². The Balaban J connectivity index is 2.21. The molecule has 1 N–H and O–H groups in total. The predicted octanol–water partition coefficient (Wildman–Crippen LogP) is 2.00. The SMILES string of the molecule is CCCNc1cc(N2CCN(C)CC2C)nc(CC)n1. The maximum Gasteiger partial charge on any atom is 0.134 e. The van der Waals surface area contributed by atoms with Gasteiger partial charge in [0.2, 0.25) is 0 Å². The van der Waals surface area contributed by atoms with E-state index in [1.165, 1.54) is 0 Å². The molecule has 1 saturated heterocycles. The summed E-state index contributed by atoms with van der Waals surface area (Å²) in [7, 11) is 2.18. The van der Waals surface area contributed by atoms with Crippen molar-refractivity contribution in [2.24, 2.45) is 0 Å². The van der Waals surface area contributed by atoms with Gasteiger partial charge in [0.25, 0.3) is 0 Å². The van der Waals surface area contributed by atoms with Crippen LogP contribution >= 0.6 is 0 Å². The fourth-order valence-corrected chi connectivity index (χ4v) is 2.61. The van der Waals surface area contributed by atoms with Crippen LogP contribution in [0, 0.1) is 0 Å². The molecule has 0 bridgehead atoms. The minimum absolute atomic E-state index is 0.493. The zero-order valence-corrected chi connectivity index (χ0v) is 13.2. The zero-order chi connectivity index (χ0) is 14.5. The lowest BCUT2D eigenvalue weighted by Crippen LogP contribution is -2.50. The molecule has 0 saturated carbocycles. The van der Waals surface area contributed by atoms with Crippen molar-refractivity contribution < 1.29 is 0 Å². The van der Waals surface area contributed by atoms with Crippen molar-refractivity contribution in [1.82, 2.24) is 14.9 Å². The molecular formula is C15H27N5. The topological polar surface area (TPSA) is 44.3 Å². The van der Waals surface area contributed by atoms with Gasteiger partial charge >= 0.3 is 0 Å². The number of rotatable bonds is 5. The first kappa shape index (κ1) is 15.0. The molecule has 0 aromatic carbocycles. The second-order valence-corrected chi connectivity index (χ2v) is 5.61. The summed E-state index contributed by atoms with van der Waals surface area (Å²) in [5.74, 6) is 2.95. The summed E-state index contributed by atoms with van der Waals surface area (Å²) >= 11 is 0. The van der Waals surface area contributed by atoms with E-state index in [1.54, 1.807) is 0 Å². The standard InChI is InChI=1S/C15H27N5/c1-5-7-16-14-10-15(18-13(6-2)17-14)20-9-8-19(4)11-12(20)3/h10,12H,5-9,11H2,1-4H3,(H,16,17,18). The molecule has 0 aliphatic carbocycles. The number of aromatic nitrogens is 2. The lowest BCUT2D eigenvalue weighted by molar-refractivity contribution is 0.274. The van der Waals surface area contributed by atoms with Gasteiger partial charge in [-0.25, -0.2) is 9.97 Å². The second kappa shape index (κ2) is 6.88. The summed E-state index contributed by atoms with van der Waals surface area (Å²) in [6.07, 6.45) is 1.97. The fourth-order valence-electron chi connectivity index (χ4n) is 2.61. The van der Waals surface area contributed by atoms with Crippen molar-refractivity contribution in [3.63, 3.8) is 0 Å². The zero-order valence-electron chi connectivity index (χ0n) is 13.2. The molecule has 20 heavy (non-hydrogen) atoms. The third kappa shape index (κ3) is 3.60. The van der Waals surface area contributed by atoms with Gasteiger partial charge in [-0.3, -0.25) is 0 Å². The fraction of sp³-hybridized carbons (Fsp3) is 0.733. The van der Waals surface area contributed by atoms with Crippen LogP contribution in [0.1, 0.15) is 33.0 Å². The Kier molecular flexibility index (Phi) is 5.17. The Hall–Kier alpha value is -1.36. The van der Waals surface area contributed by atoms with Gasteiger partial charge in [-0.15, -0.1) is 0 Å². The molecular weight excluding hydrogens is 250 g/mol. The molecule has 2 heterocycles. The molecule has 5 heteroatoms. The summed E-state index contributed by atoms with van der Waals surface area (Å²) in [6.45, 7) is 10.7. The van der Waals surface area contributed by atoms with Crippen LogP contribution in [0.25, 0.3) is 0 Å². The summed E-state index contributed by atoms with van der Waals surface area (Å²) in [6, 6.07) is 2.59. The van der Waals surface area contributed by atoms with Crippen LogP contribution in [-0.4, -0.2) is 54.1 Å². The van der Waals surface area contributed by atoms with Gasteiger partial charge < -0.3 is 15.1 Å². The first-order valence-electron chi connectivity index (χ1n) is 7.71. The van der Waals surface area contributed by atoms with Gasteiger partial charge in [-0.2, -0.15) is 0 Å². The highest BCUT2D eigenvalue weighted by molar-refractivity contribution is 5.50. The van der Waals surface area contributed by atoms with Crippen LogP contribution in [0.3, 0.4) is 0 Å². The molecule has 1 aliphatic heterocycles. The highest BCUT2D eigenvalue weighted by atomic mass is 15.3. The molecule has 5 nitrogen and oxygen atoms in total. The quantitative estimate of drug-likeness (QED) is 0.892. The molecule has 1 fully saturated rings. The van der Waals surface area contributed by atoms with Crippen LogP contribution in [0.4, 0.5) is 11.6 Å². The van der Waals surface area contributed by atoms with Crippen molar-refractivity contribution in [3.8, 4) is 0 Å². The number of hydrogen-bond acceptors (Lipinski definition) is 5. The van der Waals surface area contributed by atoms with E-state index < -0.39 is 0 Å². The normalized spacial score (nSPS) is 20.2. The third-order valence-corrected chi connectivity index (χ3v) is 3.76.